The molecule has 0 unspecified atom stereocenters. The molecule has 2 rings (SSSR count). The smallest absolute Gasteiger partial charge is 0.317 e. The van der Waals surface area contributed by atoms with Crippen molar-refractivity contribution in [2.75, 3.05) is 19.7 Å². The van der Waals surface area contributed by atoms with Crippen molar-refractivity contribution in [3.63, 3.8) is 0 Å². The lowest BCUT2D eigenvalue weighted by atomic mass is 9.97. The lowest BCUT2D eigenvalue weighted by Gasteiger charge is -2.23. The second-order valence-electron chi connectivity index (χ2n) is 5.58. The average Bonchev–Trinajstić information content (AvgIpc) is 2.58. The summed E-state index contributed by atoms with van der Waals surface area (Å²) in [6.07, 6.45) is 11.5. The Morgan fingerprint density at radius 3 is 2.77 bits per heavy atom. The van der Waals surface area contributed by atoms with Crippen LogP contribution in [0.25, 0.3) is 0 Å². The van der Waals surface area contributed by atoms with Gasteiger partial charge in [0.15, 0.2) is 0 Å². The number of amides is 2. The van der Waals surface area contributed by atoms with E-state index in [-0.39, 0.29) is 12.6 Å². The Labute approximate surface area is 132 Å². The van der Waals surface area contributed by atoms with E-state index in [0.29, 0.717) is 19.6 Å². The number of allylic oxidation sites excluding steroid dienone is 1. The Balaban J connectivity index is 1.80. The van der Waals surface area contributed by atoms with Gasteiger partial charge in [0, 0.05) is 32.0 Å². The molecule has 0 aromatic carbocycles. The van der Waals surface area contributed by atoms with Crippen LogP contribution >= 0.6 is 0 Å². The molecule has 1 aromatic rings. The van der Waals surface area contributed by atoms with Gasteiger partial charge in [0.05, 0.1) is 6.61 Å². The maximum absolute atomic E-state index is 12.2. The molecule has 1 aliphatic carbocycles. The van der Waals surface area contributed by atoms with Crippen molar-refractivity contribution in [1.82, 2.24) is 15.2 Å². The number of pyridine rings is 1. The number of nitrogens with one attached hydrogen (secondary N) is 1. The lowest BCUT2D eigenvalue weighted by Crippen LogP contribution is -2.41. The standard InChI is InChI=1S/C17H25N3O2/c21-13-12-20(11-8-15-4-2-1-3-5-15)17(22)19-14-16-6-9-18-10-7-16/h4,6-7,9-10,21H,1-3,5,8,11-14H2,(H,19,22). The molecule has 1 aliphatic rings. The highest BCUT2D eigenvalue weighted by Crippen LogP contribution is 2.20. The predicted molar refractivity (Wildman–Crippen MR) is 86.3 cm³/mol. The zero-order valence-corrected chi connectivity index (χ0v) is 13.0. The first-order valence-corrected chi connectivity index (χ1v) is 8.00. The molecule has 2 amide bonds. The van der Waals surface area contributed by atoms with Crippen LogP contribution < -0.4 is 5.32 Å². The van der Waals surface area contributed by atoms with Gasteiger partial charge in [-0.05, 0) is 49.8 Å². The van der Waals surface area contributed by atoms with Gasteiger partial charge in [-0.3, -0.25) is 4.98 Å². The fourth-order valence-corrected chi connectivity index (χ4v) is 2.64. The summed E-state index contributed by atoms with van der Waals surface area (Å²) in [6.45, 7) is 1.50. The summed E-state index contributed by atoms with van der Waals surface area (Å²) in [5.41, 5.74) is 2.46. The molecule has 5 heteroatoms. The van der Waals surface area contributed by atoms with Gasteiger partial charge in [0.25, 0.3) is 0 Å². The first-order chi connectivity index (χ1) is 10.8. The van der Waals surface area contributed by atoms with Crippen LogP contribution in [0, 0.1) is 0 Å². The summed E-state index contributed by atoms with van der Waals surface area (Å²) in [7, 11) is 0. The molecule has 1 heterocycles. The topological polar surface area (TPSA) is 65.5 Å². The number of nitrogens with zero attached hydrogens (tertiary/aromatic N) is 2. The van der Waals surface area contributed by atoms with Crippen molar-refractivity contribution >= 4 is 6.03 Å². The Morgan fingerprint density at radius 2 is 2.09 bits per heavy atom. The fraction of sp³-hybridized carbons (Fsp3) is 0.529. The molecular weight excluding hydrogens is 278 g/mol. The van der Waals surface area contributed by atoms with Crippen molar-refractivity contribution in [3.8, 4) is 0 Å². The number of aliphatic hydroxyl groups is 1. The summed E-state index contributed by atoms with van der Waals surface area (Å²) < 4.78 is 0. The highest BCUT2D eigenvalue weighted by molar-refractivity contribution is 5.74. The van der Waals surface area contributed by atoms with E-state index in [0.717, 1.165) is 24.8 Å². The quantitative estimate of drug-likeness (QED) is 0.761. The summed E-state index contributed by atoms with van der Waals surface area (Å²) in [5.74, 6) is 0. The van der Waals surface area contributed by atoms with E-state index in [2.05, 4.69) is 16.4 Å². The van der Waals surface area contributed by atoms with Gasteiger partial charge in [-0.25, -0.2) is 4.79 Å². The number of hydrogen-bond donors (Lipinski definition) is 2. The highest BCUT2D eigenvalue weighted by atomic mass is 16.3. The molecule has 0 spiro atoms. The van der Waals surface area contributed by atoms with Crippen LogP contribution in [0.2, 0.25) is 0 Å². The maximum Gasteiger partial charge on any atom is 0.317 e. The van der Waals surface area contributed by atoms with Gasteiger partial charge in [-0.1, -0.05) is 11.6 Å². The van der Waals surface area contributed by atoms with Crippen molar-refractivity contribution < 1.29 is 9.90 Å². The predicted octanol–water partition coefficient (Wildman–Crippen LogP) is 2.48. The van der Waals surface area contributed by atoms with Gasteiger partial charge in [0.2, 0.25) is 0 Å². The molecule has 5 nitrogen and oxygen atoms in total. The van der Waals surface area contributed by atoms with E-state index in [1.165, 1.54) is 18.4 Å². The van der Waals surface area contributed by atoms with E-state index >= 15 is 0 Å². The third kappa shape index (κ3) is 5.48. The van der Waals surface area contributed by atoms with Gasteiger partial charge in [-0.15, -0.1) is 0 Å². The van der Waals surface area contributed by atoms with Crippen molar-refractivity contribution in [2.45, 2.75) is 38.6 Å². The van der Waals surface area contributed by atoms with E-state index in [1.54, 1.807) is 17.3 Å². The van der Waals surface area contributed by atoms with Gasteiger partial charge < -0.3 is 15.3 Å². The number of carbonyl (C=O) groups is 1. The number of aromatic nitrogens is 1. The van der Waals surface area contributed by atoms with Crippen molar-refractivity contribution in [1.29, 1.82) is 0 Å². The van der Waals surface area contributed by atoms with E-state index < -0.39 is 0 Å². The van der Waals surface area contributed by atoms with Crippen LogP contribution in [0.5, 0.6) is 0 Å². The monoisotopic (exact) mass is 303 g/mol. The largest absolute Gasteiger partial charge is 0.395 e. The van der Waals surface area contributed by atoms with E-state index in [9.17, 15) is 4.79 Å². The van der Waals surface area contributed by atoms with E-state index in [4.69, 9.17) is 5.11 Å². The molecule has 0 saturated heterocycles. The summed E-state index contributed by atoms with van der Waals surface area (Å²) >= 11 is 0. The number of carbonyl (C=O) groups excluding carboxylic acids is 1. The normalized spacial score (nSPS) is 14.3. The summed E-state index contributed by atoms with van der Waals surface area (Å²) in [6, 6.07) is 3.63. The minimum absolute atomic E-state index is 0.0122. The molecule has 0 aliphatic heterocycles. The molecule has 2 N–H and O–H groups in total. The summed E-state index contributed by atoms with van der Waals surface area (Å²) in [5, 5.41) is 12.1. The highest BCUT2D eigenvalue weighted by Gasteiger charge is 2.13. The Hall–Kier alpha value is -1.88. The number of aliphatic hydroxyl groups excluding tert-OH is 1. The molecule has 0 fully saturated rings. The van der Waals surface area contributed by atoms with Crippen LogP contribution in [0.1, 0.15) is 37.7 Å². The molecule has 0 atom stereocenters. The maximum atomic E-state index is 12.2. The number of hydrogen-bond acceptors (Lipinski definition) is 3. The van der Waals surface area contributed by atoms with Crippen LogP contribution in [-0.4, -0.2) is 40.7 Å². The summed E-state index contributed by atoms with van der Waals surface area (Å²) in [4.78, 5) is 17.9. The molecule has 0 saturated carbocycles. The first kappa shape index (κ1) is 16.5. The number of rotatable bonds is 7. The Bertz CT molecular complexity index is 488. The zero-order chi connectivity index (χ0) is 15.6. The minimum Gasteiger partial charge on any atom is -0.395 e. The van der Waals surface area contributed by atoms with E-state index in [1.807, 2.05) is 12.1 Å². The first-order valence-electron chi connectivity index (χ1n) is 8.00. The molecule has 0 bridgehead atoms. The van der Waals surface area contributed by atoms with Crippen LogP contribution in [-0.2, 0) is 6.54 Å². The third-order valence-electron chi connectivity index (χ3n) is 3.94. The van der Waals surface area contributed by atoms with Crippen molar-refractivity contribution in [3.05, 3.63) is 41.7 Å². The third-order valence-corrected chi connectivity index (χ3v) is 3.94. The Kier molecular flexibility index (Phi) is 6.90. The lowest BCUT2D eigenvalue weighted by molar-refractivity contribution is 0.177. The molecular formula is C17H25N3O2. The Morgan fingerprint density at radius 1 is 1.27 bits per heavy atom. The van der Waals surface area contributed by atoms with Crippen molar-refractivity contribution in [2.24, 2.45) is 0 Å². The van der Waals surface area contributed by atoms with Gasteiger partial charge >= 0.3 is 6.03 Å². The SMILES string of the molecule is O=C(NCc1ccncc1)N(CCO)CCC1=CCCCC1. The minimum atomic E-state index is -0.123. The second kappa shape index (κ2) is 9.20. The molecule has 0 radical (unpaired) electrons. The van der Waals surface area contributed by atoms with Crippen LogP contribution in [0.4, 0.5) is 4.79 Å². The fourth-order valence-electron chi connectivity index (χ4n) is 2.64. The zero-order valence-electron chi connectivity index (χ0n) is 13.0. The molecule has 1 aromatic heterocycles. The average molecular weight is 303 g/mol. The molecule has 22 heavy (non-hydrogen) atoms. The van der Waals surface area contributed by atoms with Gasteiger partial charge in [0.1, 0.15) is 0 Å². The number of urea groups is 1. The van der Waals surface area contributed by atoms with Gasteiger partial charge in [-0.2, -0.15) is 0 Å². The second-order valence-corrected chi connectivity index (χ2v) is 5.58. The van der Waals surface area contributed by atoms with Crippen LogP contribution in [0.3, 0.4) is 0 Å². The van der Waals surface area contributed by atoms with Crippen LogP contribution in [0.15, 0.2) is 36.2 Å². The molecule has 120 valence electrons.